The molecule has 1 amide bonds. The molecule has 26 heavy (non-hydrogen) atoms. The fraction of sp³-hybridized carbons (Fsp3) is 0.619. The van der Waals surface area contributed by atoms with Crippen LogP contribution in [0.15, 0.2) is 24.3 Å². The Balaban J connectivity index is 2.41. The molecule has 1 rings (SSSR count). The maximum atomic E-state index is 11.9. The molecule has 146 valence electrons. The lowest BCUT2D eigenvalue weighted by molar-refractivity contribution is -0.157. The third-order valence-electron chi connectivity index (χ3n) is 4.55. The van der Waals surface area contributed by atoms with Crippen molar-refractivity contribution in [3.63, 3.8) is 0 Å². The predicted octanol–water partition coefficient (Wildman–Crippen LogP) is 4.04. The van der Waals surface area contributed by atoms with Crippen LogP contribution in [0.1, 0.15) is 64.9 Å². The van der Waals surface area contributed by atoms with E-state index in [1.807, 2.05) is 31.2 Å². The number of rotatable bonds is 12. The van der Waals surface area contributed by atoms with Crippen molar-refractivity contribution in [2.24, 2.45) is 0 Å². The Labute approximate surface area is 157 Å². The van der Waals surface area contributed by atoms with Crippen LogP contribution in [0, 0.1) is 0 Å². The molecular formula is C21H33NO4. The van der Waals surface area contributed by atoms with Crippen LogP contribution in [-0.4, -0.2) is 31.1 Å². The smallest absolute Gasteiger partial charge is 0.349 e. The summed E-state index contributed by atoms with van der Waals surface area (Å²) in [5.74, 6) is 0.368. The SMILES string of the molecule is CCCCCCC(=O)NCCc1ccc(O[C@](C)(CC)C(=O)OC)cc1. The van der Waals surface area contributed by atoms with Gasteiger partial charge in [0.1, 0.15) is 5.75 Å². The zero-order valence-electron chi connectivity index (χ0n) is 16.6. The third-order valence-corrected chi connectivity index (χ3v) is 4.55. The maximum Gasteiger partial charge on any atom is 0.349 e. The lowest BCUT2D eigenvalue weighted by Gasteiger charge is -2.26. The van der Waals surface area contributed by atoms with Gasteiger partial charge < -0.3 is 14.8 Å². The van der Waals surface area contributed by atoms with Crippen molar-refractivity contribution < 1.29 is 19.1 Å². The van der Waals surface area contributed by atoms with Gasteiger partial charge in [0.15, 0.2) is 0 Å². The van der Waals surface area contributed by atoms with Gasteiger partial charge in [0, 0.05) is 13.0 Å². The number of carbonyl (C=O) groups excluding carboxylic acids is 2. The molecule has 1 atom stereocenters. The van der Waals surface area contributed by atoms with Crippen LogP contribution in [-0.2, 0) is 20.7 Å². The normalized spacial score (nSPS) is 12.9. The van der Waals surface area contributed by atoms with Gasteiger partial charge in [-0.15, -0.1) is 0 Å². The molecule has 1 N–H and O–H groups in total. The van der Waals surface area contributed by atoms with Gasteiger partial charge in [0.2, 0.25) is 11.5 Å². The quantitative estimate of drug-likeness (QED) is 0.450. The van der Waals surface area contributed by atoms with Crippen LogP contribution < -0.4 is 10.1 Å². The minimum Gasteiger partial charge on any atom is -0.476 e. The minimum absolute atomic E-state index is 0.123. The molecule has 0 fully saturated rings. The molecule has 1 aromatic rings. The molecular weight excluding hydrogens is 330 g/mol. The molecule has 5 nitrogen and oxygen atoms in total. The van der Waals surface area contributed by atoms with E-state index >= 15 is 0 Å². The average Bonchev–Trinajstić information content (AvgIpc) is 2.65. The summed E-state index contributed by atoms with van der Waals surface area (Å²) in [4.78, 5) is 23.6. The van der Waals surface area contributed by atoms with Crippen molar-refractivity contribution in [2.45, 2.75) is 71.3 Å². The highest BCUT2D eigenvalue weighted by atomic mass is 16.6. The summed E-state index contributed by atoms with van der Waals surface area (Å²) in [5, 5.41) is 2.96. The van der Waals surface area contributed by atoms with Gasteiger partial charge in [-0.2, -0.15) is 0 Å². The van der Waals surface area contributed by atoms with E-state index in [1.54, 1.807) is 6.92 Å². The van der Waals surface area contributed by atoms with Crippen molar-refractivity contribution in [1.29, 1.82) is 0 Å². The molecule has 0 saturated heterocycles. The topological polar surface area (TPSA) is 64.6 Å². The number of esters is 1. The van der Waals surface area contributed by atoms with Crippen molar-refractivity contribution in [3.8, 4) is 5.75 Å². The Kier molecular flexibility index (Phi) is 9.78. The summed E-state index contributed by atoms with van der Waals surface area (Å²) in [5.41, 5.74) is 0.127. The third kappa shape index (κ3) is 7.46. The monoisotopic (exact) mass is 363 g/mol. The van der Waals surface area contributed by atoms with Gasteiger partial charge in [-0.05, 0) is 43.9 Å². The van der Waals surface area contributed by atoms with E-state index in [9.17, 15) is 9.59 Å². The number of methoxy groups -OCH3 is 1. The number of ether oxygens (including phenoxy) is 2. The maximum absolute atomic E-state index is 11.9. The standard InChI is InChI=1S/C21H33NO4/c1-5-7-8-9-10-19(23)22-16-15-17-11-13-18(14-12-17)26-21(3,6-2)20(24)25-4/h11-14H,5-10,15-16H2,1-4H3,(H,22,23)/t21-/m1/s1. The fourth-order valence-electron chi connectivity index (χ4n) is 2.61. The van der Waals surface area contributed by atoms with Crippen LogP contribution in [0.25, 0.3) is 0 Å². The van der Waals surface area contributed by atoms with Crippen LogP contribution in [0.4, 0.5) is 0 Å². The van der Waals surface area contributed by atoms with E-state index in [0.29, 0.717) is 25.1 Å². The van der Waals surface area contributed by atoms with Gasteiger partial charge in [-0.3, -0.25) is 4.79 Å². The molecule has 0 aromatic heterocycles. The van der Waals surface area contributed by atoms with E-state index in [1.165, 1.54) is 20.0 Å². The number of hydrogen-bond donors (Lipinski definition) is 1. The second-order valence-corrected chi connectivity index (χ2v) is 6.73. The summed E-state index contributed by atoms with van der Waals surface area (Å²) >= 11 is 0. The Morgan fingerprint density at radius 3 is 2.35 bits per heavy atom. The molecule has 0 bridgehead atoms. The van der Waals surface area contributed by atoms with Crippen LogP contribution in [0.5, 0.6) is 5.75 Å². The molecule has 0 aliphatic rings. The van der Waals surface area contributed by atoms with E-state index in [2.05, 4.69) is 12.2 Å². The predicted molar refractivity (Wildman–Crippen MR) is 103 cm³/mol. The van der Waals surface area contributed by atoms with Crippen LogP contribution >= 0.6 is 0 Å². The van der Waals surface area contributed by atoms with Gasteiger partial charge in [0.25, 0.3) is 0 Å². The highest BCUT2D eigenvalue weighted by molar-refractivity contribution is 5.79. The van der Waals surface area contributed by atoms with Crippen molar-refractivity contribution >= 4 is 11.9 Å². The zero-order valence-corrected chi connectivity index (χ0v) is 16.6. The number of amides is 1. The summed E-state index contributed by atoms with van der Waals surface area (Å²) in [6, 6.07) is 7.60. The summed E-state index contributed by atoms with van der Waals surface area (Å²) in [6.07, 6.45) is 6.34. The summed E-state index contributed by atoms with van der Waals surface area (Å²) in [7, 11) is 1.36. The molecule has 0 unspecified atom stereocenters. The number of unbranched alkanes of at least 4 members (excludes halogenated alkanes) is 3. The van der Waals surface area contributed by atoms with Crippen molar-refractivity contribution in [2.75, 3.05) is 13.7 Å². The van der Waals surface area contributed by atoms with Crippen LogP contribution in [0.3, 0.4) is 0 Å². The molecule has 0 heterocycles. The minimum atomic E-state index is -0.984. The molecule has 0 radical (unpaired) electrons. The van der Waals surface area contributed by atoms with Gasteiger partial charge in [-0.1, -0.05) is 45.2 Å². The molecule has 0 saturated carbocycles. The lowest BCUT2D eigenvalue weighted by Crippen LogP contribution is -2.41. The Morgan fingerprint density at radius 1 is 1.08 bits per heavy atom. The molecule has 0 aliphatic heterocycles. The first kappa shape index (κ1) is 22.0. The second kappa shape index (κ2) is 11.6. The van der Waals surface area contributed by atoms with E-state index < -0.39 is 5.60 Å². The van der Waals surface area contributed by atoms with E-state index in [0.717, 1.165) is 24.8 Å². The Morgan fingerprint density at radius 2 is 1.77 bits per heavy atom. The second-order valence-electron chi connectivity index (χ2n) is 6.73. The van der Waals surface area contributed by atoms with Crippen LogP contribution in [0.2, 0.25) is 0 Å². The van der Waals surface area contributed by atoms with Crippen molar-refractivity contribution in [3.05, 3.63) is 29.8 Å². The number of benzene rings is 1. The Hall–Kier alpha value is -2.04. The van der Waals surface area contributed by atoms with Gasteiger partial charge in [-0.25, -0.2) is 4.79 Å². The van der Waals surface area contributed by atoms with Gasteiger partial charge in [0.05, 0.1) is 7.11 Å². The number of carbonyl (C=O) groups is 2. The summed E-state index contributed by atoms with van der Waals surface area (Å²) < 4.78 is 10.6. The van der Waals surface area contributed by atoms with Gasteiger partial charge >= 0.3 is 5.97 Å². The number of hydrogen-bond acceptors (Lipinski definition) is 4. The zero-order chi connectivity index (χ0) is 19.4. The Bertz CT molecular complexity index is 556. The molecule has 0 spiro atoms. The largest absolute Gasteiger partial charge is 0.476 e. The molecule has 0 aliphatic carbocycles. The summed E-state index contributed by atoms with van der Waals surface area (Å²) in [6.45, 7) is 6.40. The average molecular weight is 363 g/mol. The van der Waals surface area contributed by atoms with E-state index in [-0.39, 0.29) is 11.9 Å². The van der Waals surface area contributed by atoms with Crippen molar-refractivity contribution in [1.82, 2.24) is 5.32 Å². The first-order valence-electron chi connectivity index (χ1n) is 9.58. The molecule has 1 aromatic carbocycles. The highest BCUT2D eigenvalue weighted by Gasteiger charge is 2.34. The lowest BCUT2D eigenvalue weighted by atomic mass is 10.0. The molecule has 5 heteroatoms. The first-order valence-corrected chi connectivity index (χ1v) is 9.58. The number of nitrogens with one attached hydrogen (secondary N) is 1. The van der Waals surface area contributed by atoms with E-state index in [4.69, 9.17) is 9.47 Å². The highest BCUT2D eigenvalue weighted by Crippen LogP contribution is 2.23. The first-order chi connectivity index (χ1) is 12.4. The fourth-order valence-corrected chi connectivity index (χ4v) is 2.61.